The van der Waals surface area contributed by atoms with Gasteiger partial charge in [0.1, 0.15) is 17.4 Å². The maximum atomic E-state index is 6.04. The number of benzene rings is 1. The van der Waals surface area contributed by atoms with Gasteiger partial charge in [0.25, 0.3) is 0 Å². The third-order valence-corrected chi connectivity index (χ3v) is 4.96. The van der Waals surface area contributed by atoms with Crippen molar-refractivity contribution >= 4 is 27.9 Å². The largest absolute Gasteiger partial charge is 0.450 e. The van der Waals surface area contributed by atoms with E-state index < -0.39 is 5.79 Å². The average Bonchev–Trinajstić information content (AvgIpc) is 3.16. The Bertz CT molecular complexity index is 899. The van der Waals surface area contributed by atoms with Crippen LogP contribution in [0.15, 0.2) is 35.0 Å². The number of fused-ring (bicyclic) bond motifs is 3. The van der Waals surface area contributed by atoms with Gasteiger partial charge in [0.05, 0.1) is 12.7 Å². The van der Waals surface area contributed by atoms with E-state index in [-0.39, 0.29) is 6.10 Å². The highest BCUT2D eigenvalue weighted by atomic mass is 16.7. The molecule has 124 valence electrons. The molecule has 1 unspecified atom stereocenters. The summed E-state index contributed by atoms with van der Waals surface area (Å²) in [6.45, 7) is 4.40. The Hall–Kier alpha value is -2.18. The van der Waals surface area contributed by atoms with Crippen LogP contribution in [0.4, 0.5) is 5.82 Å². The number of anilines is 1. The van der Waals surface area contributed by atoms with Crippen LogP contribution in [0.5, 0.6) is 0 Å². The molecule has 4 heterocycles. The molecule has 3 aromatic rings. The predicted molar refractivity (Wildman–Crippen MR) is 90.0 cm³/mol. The molecule has 2 aromatic heterocycles. The number of nitrogens with zero attached hydrogens (tertiary/aromatic N) is 3. The highest BCUT2D eigenvalue weighted by Gasteiger charge is 2.43. The topological polar surface area (TPSA) is 60.6 Å². The number of hydrogen-bond donors (Lipinski definition) is 0. The van der Waals surface area contributed by atoms with Crippen molar-refractivity contribution in [3.05, 3.63) is 30.6 Å². The smallest absolute Gasteiger partial charge is 0.196 e. The minimum Gasteiger partial charge on any atom is -0.450 e. The standard InChI is InChI=1S/C18H19N3O3/c1-12-10-22-18(24-12)6-8-21(9-7-18)17-16-15(19-11-20-17)13-4-2-3-5-14(13)23-16/h2-5,11-12H,6-10H2,1H3. The van der Waals surface area contributed by atoms with Gasteiger partial charge in [-0.05, 0) is 19.1 Å². The van der Waals surface area contributed by atoms with Crippen LogP contribution in [0.2, 0.25) is 0 Å². The van der Waals surface area contributed by atoms with Gasteiger partial charge in [-0.2, -0.15) is 0 Å². The number of piperidine rings is 1. The highest BCUT2D eigenvalue weighted by Crippen LogP contribution is 2.37. The van der Waals surface area contributed by atoms with Gasteiger partial charge in [0.2, 0.25) is 0 Å². The maximum absolute atomic E-state index is 6.04. The maximum Gasteiger partial charge on any atom is 0.196 e. The lowest BCUT2D eigenvalue weighted by Crippen LogP contribution is -2.45. The van der Waals surface area contributed by atoms with E-state index in [2.05, 4.69) is 21.8 Å². The zero-order valence-corrected chi connectivity index (χ0v) is 13.6. The Labute approximate surface area is 139 Å². The van der Waals surface area contributed by atoms with Crippen LogP contribution in [-0.4, -0.2) is 41.6 Å². The summed E-state index contributed by atoms with van der Waals surface area (Å²) in [5, 5.41) is 1.03. The normalized spacial score (nSPS) is 23.5. The van der Waals surface area contributed by atoms with E-state index in [0.717, 1.165) is 53.8 Å². The number of ether oxygens (including phenoxy) is 2. The summed E-state index contributed by atoms with van der Waals surface area (Å²) < 4.78 is 18.0. The van der Waals surface area contributed by atoms with Crippen LogP contribution >= 0.6 is 0 Å². The second kappa shape index (κ2) is 5.16. The van der Waals surface area contributed by atoms with Gasteiger partial charge >= 0.3 is 0 Å². The molecule has 2 fully saturated rings. The lowest BCUT2D eigenvalue weighted by atomic mass is 10.0. The van der Waals surface area contributed by atoms with E-state index in [1.165, 1.54) is 0 Å². The molecule has 0 bridgehead atoms. The fourth-order valence-electron chi connectivity index (χ4n) is 3.76. The van der Waals surface area contributed by atoms with Crippen molar-refractivity contribution in [1.29, 1.82) is 0 Å². The zero-order valence-electron chi connectivity index (χ0n) is 13.6. The summed E-state index contributed by atoms with van der Waals surface area (Å²) >= 11 is 0. The van der Waals surface area contributed by atoms with Crippen molar-refractivity contribution in [1.82, 2.24) is 9.97 Å². The molecule has 2 saturated heterocycles. The summed E-state index contributed by atoms with van der Waals surface area (Å²) in [6, 6.07) is 7.97. The Morgan fingerprint density at radius 1 is 1.17 bits per heavy atom. The summed E-state index contributed by atoms with van der Waals surface area (Å²) in [5.41, 5.74) is 2.48. The van der Waals surface area contributed by atoms with Gasteiger partial charge in [-0.15, -0.1) is 0 Å². The van der Waals surface area contributed by atoms with E-state index in [4.69, 9.17) is 13.9 Å². The van der Waals surface area contributed by atoms with Crippen molar-refractivity contribution in [2.24, 2.45) is 0 Å². The average molecular weight is 325 g/mol. The molecule has 0 aliphatic carbocycles. The lowest BCUT2D eigenvalue weighted by Gasteiger charge is -2.38. The molecular weight excluding hydrogens is 306 g/mol. The fourth-order valence-corrected chi connectivity index (χ4v) is 3.76. The van der Waals surface area contributed by atoms with Crippen molar-refractivity contribution < 1.29 is 13.9 Å². The molecule has 6 heteroatoms. The minimum atomic E-state index is -0.407. The Morgan fingerprint density at radius 3 is 2.79 bits per heavy atom. The SMILES string of the molecule is CC1COC2(CCN(c3ncnc4c3oc3ccccc34)CC2)O1. The Balaban J connectivity index is 1.49. The third-order valence-electron chi connectivity index (χ3n) is 4.96. The van der Waals surface area contributed by atoms with Gasteiger partial charge < -0.3 is 18.8 Å². The minimum absolute atomic E-state index is 0.178. The van der Waals surface area contributed by atoms with Gasteiger partial charge in [0.15, 0.2) is 17.2 Å². The van der Waals surface area contributed by atoms with Crippen molar-refractivity contribution in [3.63, 3.8) is 0 Å². The summed E-state index contributed by atoms with van der Waals surface area (Å²) in [7, 11) is 0. The van der Waals surface area contributed by atoms with Crippen LogP contribution in [0, 0.1) is 0 Å². The molecule has 24 heavy (non-hydrogen) atoms. The van der Waals surface area contributed by atoms with E-state index in [1.807, 2.05) is 24.3 Å². The van der Waals surface area contributed by atoms with Crippen molar-refractivity contribution in [2.45, 2.75) is 31.7 Å². The monoisotopic (exact) mass is 325 g/mol. The van der Waals surface area contributed by atoms with E-state index in [1.54, 1.807) is 6.33 Å². The first-order valence-electron chi connectivity index (χ1n) is 8.43. The first-order valence-corrected chi connectivity index (χ1v) is 8.43. The molecule has 1 atom stereocenters. The number of rotatable bonds is 1. The fraction of sp³-hybridized carbons (Fsp3) is 0.444. The first-order chi connectivity index (χ1) is 11.7. The third kappa shape index (κ3) is 2.10. The van der Waals surface area contributed by atoms with Gasteiger partial charge in [0, 0.05) is 31.3 Å². The van der Waals surface area contributed by atoms with Gasteiger partial charge in [-0.3, -0.25) is 0 Å². The van der Waals surface area contributed by atoms with Gasteiger partial charge in [-0.1, -0.05) is 12.1 Å². The zero-order chi connectivity index (χ0) is 16.1. The summed E-state index contributed by atoms with van der Waals surface area (Å²) in [6.07, 6.45) is 3.47. The predicted octanol–water partition coefficient (Wildman–Crippen LogP) is 3.11. The molecule has 2 aliphatic rings. The van der Waals surface area contributed by atoms with Crippen LogP contribution < -0.4 is 4.90 Å². The van der Waals surface area contributed by atoms with Gasteiger partial charge in [-0.25, -0.2) is 9.97 Å². The molecule has 1 spiro atoms. The first kappa shape index (κ1) is 14.2. The molecule has 0 saturated carbocycles. The molecular formula is C18H19N3O3. The van der Waals surface area contributed by atoms with Crippen LogP contribution in [0.3, 0.4) is 0 Å². The lowest BCUT2D eigenvalue weighted by molar-refractivity contribution is -0.178. The number of para-hydroxylation sites is 1. The molecule has 0 amide bonds. The summed E-state index contributed by atoms with van der Waals surface area (Å²) in [4.78, 5) is 11.2. The van der Waals surface area contributed by atoms with Crippen LogP contribution in [0.1, 0.15) is 19.8 Å². The molecule has 5 rings (SSSR count). The molecule has 0 radical (unpaired) electrons. The molecule has 1 aromatic carbocycles. The number of hydrogen-bond acceptors (Lipinski definition) is 6. The van der Waals surface area contributed by atoms with Crippen molar-refractivity contribution in [3.8, 4) is 0 Å². The number of aromatic nitrogens is 2. The van der Waals surface area contributed by atoms with E-state index in [0.29, 0.717) is 6.61 Å². The molecule has 2 aliphatic heterocycles. The second-order valence-electron chi connectivity index (χ2n) is 6.61. The molecule has 6 nitrogen and oxygen atoms in total. The van der Waals surface area contributed by atoms with Crippen molar-refractivity contribution in [2.75, 3.05) is 24.6 Å². The molecule has 0 N–H and O–H groups in total. The van der Waals surface area contributed by atoms with Crippen LogP contribution in [0.25, 0.3) is 22.1 Å². The number of furan rings is 1. The highest BCUT2D eigenvalue weighted by molar-refractivity contribution is 6.05. The second-order valence-corrected chi connectivity index (χ2v) is 6.61. The van der Waals surface area contributed by atoms with E-state index in [9.17, 15) is 0 Å². The van der Waals surface area contributed by atoms with E-state index >= 15 is 0 Å². The quantitative estimate of drug-likeness (QED) is 0.685. The summed E-state index contributed by atoms with van der Waals surface area (Å²) in [5.74, 6) is 0.452. The van der Waals surface area contributed by atoms with Crippen LogP contribution in [-0.2, 0) is 9.47 Å². The Morgan fingerprint density at radius 2 is 2.00 bits per heavy atom. The Kier molecular flexibility index (Phi) is 3.05.